The van der Waals surface area contributed by atoms with Crippen LogP contribution >= 0.6 is 0 Å². The molecule has 1 heterocycles. The van der Waals surface area contributed by atoms with E-state index in [2.05, 4.69) is 6.07 Å². The fourth-order valence-corrected chi connectivity index (χ4v) is 1.08. The molecule has 3 heteroatoms. The van der Waals surface area contributed by atoms with Gasteiger partial charge in [-0.15, -0.1) is 0 Å². The molecule has 0 bridgehead atoms. The average molecular weight is 271 g/mol. The second-order valence-electron chi connectivity index (χ2n) is 2.30. The Balaban J connectivity index is 0.000000336. The summed E-state index contributed by atoms with van der Waals surface area (Å²) < 4.78 is 13.6. The molecule has 0 aromatic heterocycles. The van der Waals surface area contributed by atoms with Crippen LogP contribution in [0.1, 0.15) is 5.56 Å². The molecule has 62 valence electrons. The van der Waals surface area contributed by atoms with Crippen molar-refractivity contribution in [3.05, 3.63) is 42.2 Å². The van der Waals surface area contributed by atoms with E-state index in [4.69, 9.17) is 7.75 Å². The van der Waals surface area contributed by atoms with Crippen LogP contribution in [0.25, 0.3) is 0 Å². The SMILES string of the molecule is C1=COc2ccccc2C1.[O]=[SbH]. The van der Waals surface area contributed by atoms with Gasteiger partial charge in [-0.05, 0) is 24.1 Å². The van der Waals surface area contributed by atoms with Crippen molar-refractivity contribution in [3.8, 4) is 5.75 Å². The Morgan fingerprint density at radius 2 is 2.00 bits per heavy atom. The van der Waals surface area contributed by atoms with Gasteiger partial charge in [0.05, 0.1) is 6.26 Å². The molecule has 1 aromatic rings. The van der Waals surface area contributed by atoms with Gasteiger partial charge in [0.25, 0.3) is 0 Å². The first-order valence-corrected chi connectivity index (χ1v) is 4.73. The van der Waals surface area contributed by atoms with Crippen LogP contribution in [-0.4, -0.2) is 23.0 Å². The first-order chi connectivity index (χ1) is 5.97. The zero-order valence-electron chi connectivity index (χ0n) is 6.49. The Kier molecular flexibility index (Phi) is 4.02. The molecular formula is C9H9O2Sb. The van der Waals surface area contributed by atoms with E-state index in [1.807, 2.05) is 24.3 Å². The topological polar surface area (TPSA) is 26.3 Å². The van der Waals surface area contributed by atoms with Crippen molar-refractivity contribution < 1.29 is 7.75 Å². The Labute approximate surface area is 85.1 Å². The molecule has 2 nitrogen and oxygen atoms in total. The van der Waals surface area contributed by atoms with Crippen LogP contribution < -0.4 is 4.74 Å². The van der Waals surface area contributed by atoms with Crippen LogP contribution in [0.4, 0.5) is 0 Å². The van der Waals surface area contributed by atoms with Crippen LogP contribution in [0.2, 0.25) is 0 Å². The predicted molar refractivity (Wildman–Crippen MR) is 47.7 cm³/mol. The molecular weight excluding hydrogens is 262 g/mol. The number of para-hydroxylation sites is 1. The van der Waals surface area contributed by atoms with Crippen molar-refractivity contribution >= 4 is 23.0 Å². The normalized spacial score (nSPS) is 12.0. The van der Waals surface area contributed by atoms with Crippen molar-refractivity contribution in [2.45, 2.75) is 6.42 Å². The van der Waals surface area contributed by atoms with Crippen LogP contribution in [0, 0.1) is 0 Å². The maximum absolute atomic E-state index is 8.34. The van der Waals surface area contributed by atoms with Gasteiger partial charge in [0.15, 0.2) is 0 Å². The first kappa shape index (κ1) is 9.47. The van der Waals surface area contributed by atoms with E-state index in [0.717, 1.165) is 12.2 Å². The Hall–Kier alpha value is -0.622. The van der Waals surface area contributed by atoms with Crippen molar-refractivity contribution in [2.24, 2.45) is 0 Å². The Bertz CT molecular complexity index is 257. The molecule has 1 aliphatic heterocycles. The third-order valence-electron chi connectivity index (χ3n) is 1.60. The minimum atomic E-state index is 0.300. The van der Waals surface area contributed by atoms with Crippen LogP contribution in [-0.2, 0) is 9.44 Å². The van der Waals surface area contributed by atoms with Gasteiger partial charge >= 0.3 is 26.0 Å². The second-order valence-corrected chi connectivity index (χ2v) is 2.30. The van der Waals surface area contributed by atoms with Gasteiger partial charge in [-0.1, -0.05) is 18.2 Å². The molecule has 0 unspecified atom stereocenters. The summed E-state index contributed by atoms with van der Waals surface area (Å²) in [6.45, 7) is 0. The van der Waals surface area contributed by atoms with E-state index in [9.17, 15) is 0 Å². The number of benzene rings is 1. The number of rotatable bonds is 0. The van der Waals surface area contributed by atoms with Gasteiger partial charge < -0.3 is 4.74 Å². The van der Waals surface area contributed by atoms with Crippen molar-refractivity contribution in [2.75, 3.05) is 0 Å². The van der Waals surface area contributed by atoms with E-state index < -0.39 is 0 Å². The summed E-state index contributed by atoms with van der Waals surface area (Å²) in [7, 11) is 0. The third-order valence-corrected chi connectivity index (χ3v) is 1.60. The van der Waals surface area contributed by atoms with E-state index in [1.165, 1.54) is 5.56 Å². The summed E-state index contributed by atoms with van der Waals surface area (Å²) in [6.07, 6.45) is 4.75. The molecule has 0 spiro atoms. The van der Waals surface area contributed by atoms with Gasteiger partial charge in [-0.3, -0.25) is 0 Å². The third kappa shape index (κ3) is 2.18. The summed E-state index contributed by atoms with van der Waals surface area (Å²) in [5, 5.41) is 0. The summed E-state index contributed by atoms with van der Waals surface area (Å²) in [5.74, 6) is 0.991. The zero-order chi connectivity index (χ0) is 8.81. The summed E-state index contributed by atoms with van der Waals surface area (Å²) >= 11 is 0.300. The predicted octanol–water partition coefficient (Wildman–Crippen LogP) is 1.37. The van der Waals surface area contributed by atoms with Crippen LogP contribution in [0.5, 0.6) is 5.75 Å². The molecule has 0 saturated heterocycles. The zero-order valence-corrected chi connectivity index (χ0v) is 9.34. The van der Waals surface area contributed by atoms with Gasteiger partial charge in [0.1, 0.15) is 5.75 Å². The maximum atomic E-state index is 8.34. The summed E-state index contributed by atoms with van der Waals surface area (Å²) in [4.78, 5) is 0. The summed E-state index contributed by atoms with van der Waals surface area (Å²) in [6, 6.07) is 8.08. The number of ether oxygens (including phenoxy) is 1. The van der Waals surface area contributed by atoms with E-state index in [-0.39, 0.29) is 0 Å². The van der Waals surface area contributed by atoms with Crippen molar-refractivity contribution in [1.29, 1.82) is 0 Å². The summed E-state index contributed by atoms with van der Waals surface area (Å²) in [5.41, 5.74) is 1.27. The van der Waals surface area contributed by atoms with Crippen LogP contribution in [0.15, 0.2) is 36.6 Å². The average Bonchev–Trinajstić information content (AvgIpc) is 2.21. The minimum absolute atomic E-state index is 0.300. The Morgan fingerprint density at radius 1 is 1.25 bits per heavy atom. The fourth-order valence-electron chi connectivity index (χ4n) is 1.08. The second kappa shape index (κ2) is 5.10. The van der Waals surface area contributed by atoms with E-state index >= 15 is 0 Å². The molecule has 1 aromatic carbocycles. The molecule has 0 atom stereocenters. The number of hydrogen-bond donors (Lipinski definition) is 0. The quantitative estimate of drug-likeness (QED) is 0.666. The number of fused-ring (bicyclic) bond motifs is 1. The molecule has 0 fully saturated rings. The number of allylic oxidation sites excluding steroid dienone is 1. The monoisotopic (exact) mass is 270 g/mol. The van der Waals surface area contributed by atoms with E-state index in [1.54, 1.807) is 6.26 Å². The molecule has 0 saturated carbocycles. The molecule has 1 aliphatic rings. The molecule has 0 amide bonds. The van der Waals surface area contributed by atoms with Gasteiger partial charge in [0, 0.05) is 0 Å². The van der Waals surface area contributed by atoms with Gasteiger partial charge in [-0.25, -0.2) is 0 Å². The molecule has 2 rings (SSSR count). The standard InChI is InChI=1S/C9H8O.O.Sb.H/c1-2-6-9-8(4-1)5-3-7-10-9;;;/h1-4,6-7H,5H2;;;. The molecule has 0 aliphatic carbocycles. The van der Waals surface area contributed by atoms with Crippen molar-refractivity contribution in [1.82, 2.24) is 0 Å². The molecule has 0 N–H and O–H groups in total. The number of hydrogen-bond acceptors (Lipinski definition) is 2. The molecule has 0 radical (unpaired) electrons. The first-order valence-electron chi connectivity index (χ1n) is 3.57. The molecule has 12 heavy (non-hydrogen) atoms. The van der Waals surface area contributed by atoms with Crippen LogP contribution in [0.3, 0.4) is 0 Å². The van der Waals surface area contributed by atoms with E-state index in [0.29, 0.717) is 23.0 Å². The Morgan fingerprint density at radius 3 is 2.75 bits per heavy atom. The van der Waals surface area contributed by atoms with Gasteiger partial charge in [0.2, 0.25) is 0 Å². The fraction of sp³-hybridized carbons (Fsp3) is 0.111. The van der Waals surface area contributed by atoms with Crippen molar-refractivity contribution in [3.63, 3.8) is 0 Å². The van der Waals surface area contributed by atoms with Gasteiger partial charge in [-0.2, -0.15) is 0 Å².